The van der Waals surface area contributed by atoms with E-state index in [9.17, 15) is 5.11 Å². The Hall–Kier alpha value is -1.06. The molecule has 2 atom stereocenters. The van der Waals surface area contributed by atoms with E-state index in [2.05, 4.69) is 24.4 Å². The van der Waals surface area contributed by atoms with Gasteiger partial charge in [-0.25, -0.2) is 0 Å². The van der Waals surface area contributed by atoms with Crippen molar-refractivity contribution in [3.05, 3.63) is 29.8 Å². The number of methoxy groups -OCH3 is 1. The lowest BCUT2D eigenvalue weighted by atomic mass is 9.73. The number of nitrogens with one attached hydrogen (secondary N) is 1. The zero-order valence-corrected chi connectivity index (χ0v) is 12.0. The zero-order chi connectivity index (χ0) is 13.7. The Morgan fingerprint density at radius 3 is 2.68 bits per heavy atom. The number of aliphatic hydroxyl groups is 1. The molecule has 1 fully saturated rings. The molecule has 0 aliphatic heterocycles. The van der Waals surface area contributed by atoms with Crippen molar-refractivity contribution in [3.63, 3.8) is 0 Å². The average molecular weight is 263 g/mol. The Morgan fingerprint density at radius 2 is 2.05 bits per heavy atom. The van der Waals surface area contributed by atoms with Gasteiger partial charge in [-0.15, -0.1) is 0 Å². The summed E-state index contributed by atoms with van der Waals surface area (Å²) >= 11 is 0. The molecule has 19 heavy (non-hydrogen) atoms. The van der Waals surface area contributed by atoms with Gasteiger partial charge in [-0.3, -0.25) is 0 Å². The van der Waals surface area contributed by atoms with Crippen LogP contribution in [-0.4, -0.2) is 24.9 Å². The molecule has 0 saturated heterocycles. The van der Waals surface area contributed by atoms with Crippen molar-refractivity contribution in [3.8, 4) is 5.75 Å². The predicted molar refractivity (Wildman–Crippen MR) is 77.3 cm³/mol. The van der Waals surface area contributed by atoms with Gasteiger partial charge in [-0.1, -0.05) is 31.9 Å². The number of aliphatic hydroxyl groups excluding tert-OH is 1. The number of benzene rings is 1. The maximum absolute atomic E-state index is 10.1. The van der Waals surface area contributed by atoms with E-state index in [1.807, 2.05) is 12.1 Å². The fraction of sp³-hybridized carbons (Fsp3) is 0.625. The van der Waals surface area contributed by atoms with E-state index in [4.69, 9.17) is 4.74 Å². The van der Waals surface area contributed by atoms with Gasteiger partial charge in [0.05, 0.1) is 13.2 Å². The second-order valence-corrected chi connectivity index (χ2v) is 5.87. The molecule has 1 saturated carbocycles. The first-order valence-electron chi connectivity index (χ1n) is 7.16. The minimum absolute atomic E-state index is 0.0325. The highest BCUT2D eigenvalue weighted by Crippen LogP contribution is 2.35. The van der Waals surface area contributed by atoms with Crippen molar-refractivity contribution in [2.45, 2.75) is 45.3 Å². The third kappa shape index (κ3) is 3.71. The van der Waals surface area contributed by atoms with Crippen molar-refractivity contribution >= 4 is 0 Å². The van der Waals surface area contributed by atoms with Crippen LogP contribution >= 0.6 is 0 Å². The van der Waals surface area contributed by atoms with Gasteiger partial charge in [0, 0.05) is 18.5 Å². The van der Waals surface area contributed by atoms with Crippen LogP contribution in [0.5, 0.6) is 5.75 Å². The Bertz CT molecular complexity index is 390. The van der Waals surface area contributed by atoms with Crippen LogP contribution in [0.2, 0.25) is 0 Å². The third-order valence-electron chi connectivity index (χ3n) is 4.30. The molecule has 106 valence electrons. The van der Waals surface area contributed by atoms with Crippen LogP contribution in [0.25, 0.3) is 0 Å². The molecule has 2 unspecified atom stereocenters. The fourth-order valence-corrected chi connectivity index (χ4v) is 2.82. The topological polar surface area (TPSA) is 41.5 Å². The number of hydrogen-bond acceptors (Lipinski definition) is 3. The largest absolute Gasteiger partial charge is 0.497 e. The first-order valence-corrected chi connectivity index (χ1v) is 7.16. The molecule has 0 bridgehead atoms. The minimum Gasteiger partial charge on any atom is -0.497 e. The SMILES string of the molecule is COc1ccc(CNCC2(C)CCCCC2O)cc1. The lowest BCUT2D eigenvalue weighted by Gasteiger charge is -2.38. The highest BCUT2D eigenvalue weighted by molar-refractivity contribution is 5.27. The summed E-state index contributed by atoms with van der Waals surface area (Å²) in [6.45, 7) is 3.91. The Labute approximate surface area is 116 Å². The maximum atomic E-state index is 10.1. The van der Waals surface area contributed by atoms with E-state index in [0.717, 1.165) is 38.1 Å². The summed E-state index contributed by atoms with van der Waals surface area (Å²) in [5, 5.41) is 13.6. The van der Waals surface area contributed by atoms with E-state index in [1.54, 1.807) is 7.11 Å². The summed E-state index contributed by atoms with van der Waals surface area (Å²) in [4.78, 5) is 0. The molecule has 0 heterocycles. The second kappa shape index (κ2) is 6.40. The van der Waals surface area contributed by atoms with Crippen molar-refractivity contribution in [2.24, 2.45) is 5.41 Å². The van der Waals surface area contributed by atoms with Crippen molar-refractivity contribution in [2.75, 3.05) is 13.7 Å². The molecule has 1 aromatic carbocycles. The summed E-state index contributed by atoms with van der Waals surface area (Å²) in [6, 6.07) is 8.11. The third-order valence-corrected chi connectivity index (χ3v) is 4.30. The molecular formula is C16H25NO2. The minimum atomic E-state index is -0.162. The second-order valence-electron chi connectivity index (χ2n) is 5.87. The molecule has 1 aliphatic rings. The Kier molecular flexibility index (Phi) is 4.83. The smallest absolute Gasteiger partial charge is 0.118 e. The standard InChI is InChI=1S/C16H25NO2/c1-16(10-4-3-5-15(16)18)12-17-11-13-6-8-14(19-2)9-7-13/h6-9,15,17-18H,3-5,10-12H2,1-2H3. The Morgan fingerprint density at radius 1 is 1.32 bits per heavy atom. The molecular weight excluding hydrogens is 238 g/mol. The van der Waals surface area contributed by atoms with Crippen LogP contribution in [0, 0.1) is 5.41 Å². The van der Waals surface area contributed by atoms with Gasteiger partial charge >= 0.3 is 0 Å². The molecule has 2 rings (SSSR count). The lowest BCUT2D eigenvalue weighted by molar-refractivity contribution is 0.00115. The predicted octanol–water partition coefficient (Wildman–Crippen LogP) is 2.73. The van der Waals surface area contributed by atoms with Gasteiger partial charge in [0.15, 0.2) is 0 Å². The molecule has 3 nitrogen and oxygen atoms in total. The lowest BCUT2D eigenvalue weighted by Crippen LogP contribution is -2.43. The van der Waals surface area contributed by atoms with Crippen LogP contribution in [0.4, 0.5) is 0 Å². The summed E-state index contributed by atoms with van der Waals surface area (Å²) < 4.78 is 5.15. The van der Waals surface area contributed by atoms with E-state index in [1.165, 1.54) is 12.0 Å². The van der Waals surface area contributed by atoms with Crippen LogP contribution < -0.4 is 10.1 Å². The number of ether oxygens (including phenoxy) is 1. The Balaban J connectivity index is 1.81. The van der Waals surface area contributed by atoms with Gasteiger partial charge in [-0.2, -0.15) is 0 Å². The highest BCUT2D eigenvalue weighted by Gasteiger charge is 2.34. The fourth-order valence-electron chi connectivity index (χ4n) is 2.82. The van der Waals surface area contributed by atoms with Crippen LogP contribution in [0.15, 0.2) is 24.3 Å². The number of rotatable bonds is 5. The molecule has 0 aromatic heterocycles. The molecule has 1 aromatic rings. The molecule has 0 amide bonds. The molecule has 1 aliphatic carbocycles. The van der Waals surface area contributed by atoms with Gasteiger partial charge in [0.25, 0.3) is 0 Å². The van der Waals surface area contributed by atoms with E-state index in [0.29, 0.717) is 0 Å². The van der Waals surface area contributed by atoms with Crippen molar-refractivity contribution in [1.82, 2.24) is 5.32 Å². The average Bonchev–Trinajstić information content (AvgIpc) is 2.43. The monoisotopic (exact) mass is 263 g/mol. The van der Waals surface area contributed by atoms with E-state index < -0.39 is 0 Å². The van der Waals surface area contributed by atoms with Gasteiger partial charge in [-0.05, 0) is 30.5 Å². The van der Waals surface area contributed by atoms with Gasteiger partial charge in [0.2, 0.25) is 0 Å². The highest BCUT2D eigenvalue weighted by atomic mass is 16.5. The maximum Gasteiger partial charge on any atom is 0.118 e. The van der Waals surface area contributed by atoms with Crippen molar-refractivity contribution < 1.29 is 9.84 Å². The molecule has 0 radical (unpaired) electrons. The van der Waals surface area contributed by atoms with Crippen molar-refractivity contribution in [1.29, 1.82) is 0 Å². The molecule has 0 spiro atoms. The van der Waals surface area contributed by atoms with E-state index >= 15 is 0 Å². The summed E-state index contributed by atoms with van der Waals surface area (Å²) in [7, 11) is 1.68. The van der Waals surface area contributed by atoms with E-state index in [-0.39, 0.29) is 11.5 Å². The molecule has 2 N–H and O–H groups in total. The quantitative estimate of drug-likeness (QED) is 0.858. The zero-order valence-electron chi connectivity index (χ0n) is 12.0. The normalized spacial score (nSPS) is 27.2. The van der Waals surface area contributed by atoms with Gasteiger partial charge < -0.3 is 15.2 Å². The van der Waals surface area contributed by atoms with Crippen LogP contribution in [0.1, 0.15) is 38.2 Å². The summed E-state index contributed by atoms with van der Waals surface area (Å²) in [5.41, 5.74) is 1.28. The van der Waals surface area contributed by atoms with Crippen LogP contribution in [-0.2, 0) is 6.54 Å². The first-order chi connectivity index (χ1) is 9.14. The summed E-state index contributed by atoms with van der Waals surface area (Å²) in [6.07, 6.45) is 4.29. The molecule has 3 heteroatoms. The first kappa shape index (κ1) is 14.4. The van der Waals surface area contributed by atoms with Gasteiger partial charge in [0.1, 0.15) is 5.75 Å². The summed E-state index contributed by atoms with van der Waals surface area (Å²) in [5.74, 6) is 0.887. The van der Waals surface area contributed by atoms with Crippen LogP contribution in [0.3, 0.4) is 0 Å². The number of hydrogen-bond donors (Lipinski definition) is 2.